The van der Waals surface area contributed by atoms with Crippen LogP contribution in [0, 0.1) is 5.82 Å². The fourth-order valence-electron chi connectivity index (χ4n) is 4.96. The first kappa shape index (κ1) is 28.9. The number of methoxy groups -OCH3 is 1. The second-order valence-corrected chi connectivity index (χ2v) is 10.00. The van der Waals surface area contributed by atoms with Gasteiger partial charge in [-0.3, -0.25) is 9.69 Å². The summed E-state index contributed by atoms with van der Waals surface area (Å²) in [5.41, 5.74) is 10.6. The fourth-order valence-corrected chi connectivity index (χ4v) is 4.96. The van der Waals surface area contributed by atoms with Gasteiger partial charge in [0.05, 0.1) is 30.3 Å². The highest BCUT2D eigenvalue weighted by Gasteiger charge is 2.21. The summed E-state index contributed by atoms with van der Waals surface area (Å²) in [6, 6.07) is 18.3. The number of nitrogens with zero attached hydrogens (tertiary/aromatic N) is 8. The minimum atomic E-state index is -0.531. The van der Waals surface area contributed by atoms with Crippen LogP contribution < -0.4 is 20.7 Å². The molecule has 45 heavy (non-hydrogen) atoms. The van der Waals surface area contributed by atoms with Crippen molar-refractivity contribution in [2.75, 3.05) is 24.8 Å². The molecule has 2 amide bonds. The lowest BCUT2D eigenvalue weighted by Gasteiger charge is -2.20. The second-order valence-electron chi connectivity index (χ2n) is 10.00. The van der Waals surface area contributed by atoms with Crippen LogP contribution in [0.15, 0.2) is 85.7 Å². The molecule has 14 heteroatoms. The molecule has 0 unspecified atom stereocenters. The van der Waals surface area contributed by atoms with Crippen molar-refractivity contribution in [1.29, 1.82) is 0 Å². The van der Waals surface area contributed by atoms with Crippen LogP contribution in [-0.4, -0.2) is 60.6 Å². The lowest BCUT2D eigenvalue weighted by atomic mass is 10.1. The van der Waals surface area contributed by atoms with Gasteiger partial charge in [0.2, 0.25) is 0 Å². The zero-order chi connectivity index (χ0) is 31.5. The number of carbonyl (C=O) groups excluding carboxylic acids is 2. The molecule has 13 nitrogen and oxygen atoms in total. The number of fused-ring (bicyclic) bond motifs is 1. The Bertz CT molecular complexity index is 2010. The normalized spacial score (nSPS) is 11.0. The highest BCUT2D eigenvalue weighted by molar-refractivity contribution is 5.99. The molecule has 0 saturated heterocycles. The molecule has 6 aromatic rings. The van der Waals surface area contributed by atoms with Crippen LogP contribution in [0.2, 0.25) is 0 Å². The number of halogens is 1. The van der Waals surface area contributed by atoms with E-state index in [0.29, 0.717) is 22.4 Å². The van der Waals surface area contributed by atoms with Gasteiger partial charge >= 0.3 is 6.03 Å². The molecule has 0 fully saturated rings. The van der Waals surface area contributed by atoms with Crippen molar-refractivity contribution in [3.8, 4) is 17.0 Å². The van der Waals surface area contributed by atoms with E-state index in [1.807, 2.05) is 48.5 Å². The van der Waals surface area contributed by atoms with Gasteiger partial charge in [-0.15, -0.1) is 0 Å². The molecule has 0 spiro atoms. The predicted octanol–water partition coefficient (Wildman–Crippen LogP) is 3.90. The zero-order valence-electron chi connectivity index (χ0n) is 24.3. The number of nitrogens with two attached hydrogens (primary N) is 1. The third-order valence-electron chi connectivity index (χ3n) is 7.22. The Morgan fingerprint density at radius 1 is 1.04 bits per heavy atom. The van der Waals surface area contributed by atoms with Gasteiger partial charge in [-0.1, -0.05) is 42.5 Å². The van der Waals surface area contributed by atoms with E-state index in [1.54, 1.807) is 11.7 Å². The molecule has 226 valence electrons. The van der Waals surface area contributed by atoms with Gasteiger partial charge in [0.25, 0.3) is 5.91 Å². The first-order valence-electron chi connectivity index (χ1n) is 13.7. The summed E-state index contributed by atoms with van der Waals surface area (Å²) in [7, 11) is 3.08. The van der Waals surface area contributed by atoms with E-state index in [2.05, 4.69) is 25.4 Å². The number of aromatic nitrogens is 7. The van der Waals surface area contributed by atoms with Crippen LogP contribution >= 0.6 is 0 Å². The molecule has 0 atom stereocenters. The van der Waals surface area contributed by atoms with Crippen molar-refractivity contribution in [2.24, 2.45) is 0 Å². The van der Waals surface area contributed by atoms with E-state index in [1.165, 1.54) is 43.1 Å². The number of anilines is 2. The van der Waals surface area contributed by atoms with Crippen molar-refractivity contribution in [1.82, 2.24) is 39.8 Å². The summed E-state index contributed by atoms with van der Waals surface area (Å²) in [4.78, 5) is 39.7. The molecule has 0 aliphatic rings. The maximum absolute atomic E-state index is 13.7. The quantitative estimate of drug-likeness (QED) is 0.262. The predicted molar refractivity (Wildman–Crippen MR) is 164 cm³/mol. The average molecular weight is 607 g/mol. The minimum absolute atomic E-state index is 0.108. The molecule has 3 N–H and O–H groups in total. The Morgan fingerprint density at radius 3 is 2.60 bits per heavy atom. The largest absolute Gasteiger partial charge is 0.496 e. The van der Waals surface area contributed by atoms with Crippen LogP contribution in [0.25, 0.3) is 22.3 Å². The second kappa shape index (κ2) is 12.2. The van der Waals surface area contributed by atoms with Crippen LogP contribution in [0.4, 0.5) is 20.7 Å². The molecule has 0 aliphatic carbocycles. The lowest BCUT2D eigenvalue weighted by molar-refractivity contribution is 0.0947. The Labute approximate surface area is 256 Å². The summed E-state index contributed by atoms with van der Waals surface area (Å²) in [6.07, 6.45) is 4.02. The molecule has 0 aliphatic heterocycles. The van der Waals surface area contributed by atoms with Gasteiger partial charge in [0.15, 0.2) is 5.65 Å². The molecular formula is C31H27FN10O3. The highest BCUT2D eigenvalue weighted by Crippen LogP contribution is 2.32. The van der Waals surface area contributed by atoms with Gasteiger partial charge in [-0.05, 0) is 35.4 Å². The molecule has 3 aromatic carbocycles. The van der Waals surface area contributed by atoms with Crippen LogP contribution in [0.3, 0.4) is 0 Å². The SMILES string of the molecule is COc1ccc(F)cc1C(=O)NCc1ccc(-c2nn(Cc3ccccc3N(C)C(=O)n3cncn3)c3ncnc(N)c23)cc1. The summed E-state index contributed by atoms with van der Waals surface area (Å²) in [6.45, 7) is 0.489. The summed E-state index contributed by atoms with van der Waals surface area (Å²) in [5.74, 6) is -0.439. The number of para-hydroxylation sites is 1. The molecule has 3 aromatic heterocycles. The zero-order valence-corrected chi connectivity index (χ0v) is 24.3. The van der Waals surface area contributed by atoms with Gasteiger partial charge in [0.1, 0.15) is 42.1 Å². The summed E-state index contributed by atoms with van der Waals surface area (Å²) in [5, 5.41) is 12.2. The number of hydrogen-bond acceptors (Lipinski definition) is 9. The number of carbonyl (C=O) groups is 2. The number of ether oxygens (including phenoxy) is 1. The van der Waals surface area contributed by atoms with E-state index in [-0.39, 0.29) is 36.3 Å². The molecular weight excluding hydrogens is 579 g/mol. The minimum Gasteiger partial charge on any atom is -0.496 e. The number of nitrogen functional groups attached to an aromatic ring is 1. The molecule has 3 heterocycles. The summed E-state index contributed by atoms with van der Waals surface area (Å²) >= 11 is 0. The monoisotopic (exact) mass is 606 g/mol. The fraction of sp³-hybridized carbons (Fsp3) is 0.129. The standard InChI is InChI=1S/C31H27FN10O3/c1-40(31(44)42-18-34-16-38-42)24-6-4-3-5-21(24)15-41-29-26(28(33)36-17-37-29)27(39-41)20-9-7-19(8-10-20)14-35-30(43)23-13-22(32)11-12-25(23)45-2/h3-13,16-18H,14-15H2,1-2H3,(H,35,43)(H2,33,36,37). The van der Waals surface area contributed by atoms with E-state index in [9.17, 15) is 14.0 Å². The van der Waals surface area contributed by atoms with Crippen molar-refractivity contribution in [3.05, 3.63) is 108 Å². The van der Waals surface area contributed by atoms with Gasteiger partial charge in [-0.2, -0.15) is 14.9 Å². The maximum Gasteiger partial charge on any atom is 0.350 e. The molecule has 6 rings (SSSR count). The number of hydrogen-bond donors (Lipinski definition) is 2. The third-order valence-corrected chi connectivity index (χ3v) is 7.22. The van der Waals surface area contributed by atoms with Crippen molar-refractivity contribution in [2.45, 2.75) is 13.1 Å². The average Bonchev–Trinajstić information content (AvgIpc) is 3.73. The Balaban J connectivity index is 1.26. The smallest absolute Gasteiger partial charge is 0.350 e. The van der Waals surface area contributed by atoms with Crippen molar-refractivity contribution in [3.63, 3.8) is 0 Å². The van der Waals surface area contributed by atoms with E-state index < -0.39 is 11.7 Å². The highest BCUT2D eigenvalue weighted by atomic mass is 19.1. The molecule has 0 saturated carbocycles. The van der Waals surface area contributed by atoms with Crippen LogP contribution in [0.5, 0.6) is 5.75 Å². The molecule has 0 radical (unpaired) electrons. The Morgan fingerprint density at radius 2 is 1.84 bits per heavy atom. The number of amides is 2. The lowest BCUT2D eigenvalue weighted by Crippen LogP contribution is -2.32. The first-order valence-corrected chi connectivity index (χ1v) is 13.7. The first-order chi connectivity index (χ1) is 21.8. The van der Waals surface area contributed by atoms with Crippen LogP contribution in [-0.2, 0) is 13.1 Å². The van der Waals surface area contributed by atoms with Gasteiger partial charge < -0.3 is 15.8 Å². The van der Waals surface area contributed by atoms with E-state index >= 15 is 0 Å². The Kier molecular flexibility index (Phi) is 7.84. The van der Waals surface area contributed by atoms with E-state index in [4.69, 9.17) is 15.6 Å². The number of nitrogens with one attached hydrogen (secondary N) is 1. The van der Waals surface area contributed by atoms with Crippen LogP contribution in [0.1, 0.15) is 21.5 Å². The van der Waals surface area contributed by atoms with E-state index in [0.717, 1.165) is 27.4 Å². The summed E-state index contributed by atoms with van der Waals surface area (Å²) < 4.78 is 21.8. The maximum atomic E-state index is 13.7. The number of rotatable bonds is 8. The van der Waals surface area contributed by atoms with Crippen molar-refractivity contribution < 1.29 is 18.7 Å². The van der Waals surface area contributed by atoms with Gasteiger partial charge in [0, 0.05) is 19.2 Å². The molecule has 0 bridgehead atoms. The number of benzene rings is 3. The topological polar surface area (TPSA) is 159 Å². The van der Waals surface area contributed by atoms with Gasteiger partial charge in [-0.25, -0.2) is 28.8 Å². The Hall–Kier alpha value is -6.18. The van der Waals surface area contributed by atoms with Crippen molar-refractivity contribution >= 4 is 34.5 Å². The third kappa shape index (κ3) is 5.76.